The van der Waals surface area contributed by atoms with Gasteiger partial charge in [0.05, 0.1) is 37.2 Å². The fourth-order valence-electron chi connectivity index (χ4n) is 3.53. The van der Waals surface area contributed by atoms with Crippen LogP contribution >= 0.6 is 23.1 Å². The molecule has 176 valence electrons. The minimum absolute atomic E-state index is 0.130. The summed E-state index contributed by atoms with van der Waals surface area (Å²) in [5.41, 5.74) is 3.84. The van der Waals surface area contributed by atoms with Gasteiger partial charge in [0.2, 0.25) is 0 Å². The highest BCUT2D eigenvalue weighted by Crippen LogP contribution is 2.30. The molecule has 0 radical (unpaired) electrons. The summed E-state index contributed by atoms with van der Waals surface area (Å²) in [5, 5.41) is 9.68. The molecule has 0 unspecified atom stereocenters. The first-order chi connectivity index (χ1) is 16.4. The molecule has 10 heteroatoms. The van der Waals surface area contributed by atoms with Crippen LogP contribution < -0.4 is 14.8 Å². The molecule has 0 saturated heterocycles. The molecular formula is C24H24N4O4S2. The molecule has 0 saturated carbocycles. The van der Waals surface area contributed by atoms with E-state index in [1.807, 2.05) is 56.3 Å². The summed E-state index contributed by atoms with van der Waals surface area (Å²) in [6, 6.07) is 13.0. The van der Waals surface area contributed by atoms with Crippen molar-refractivity contribution < 1.29 is 19.1 Å². The number of anilines is 1. The Balaban J connectivity index is 1.52. The van der Waals surface area contributed by atoms with Gasteiger partial charge in [0.15, 0.2) is 11.5 Å². The zero-order valence-corrected chi connectivity index (χ0v) is 20.9. The predicted molar refractivity (Wildman–Crippen MR) is 135 cm³/mol. The number of nitrogens with zero attached hydrogens (tertiary/aromatic N) is 3. The number of carbonyl (C=O) groups is 2. The Morgan fingerprint density at radius 1 is 1.12 bits per heavy atom. The number of rotatable bonds is 7. The molecular weight excluding hydrogens is 472 g/mol. The predicted octanol–water partition coefficient (Wildman–Crippen LogP) is 5.10. The molecule has 0 aliphatic carbocycles. The molecule has 0 bridgehead atoms. The molecule has 8 nitrogen and oxygen atoms in total. The van der Waals surface area contributed by atoms with Crippen molar-refractivity contribution in [3.05, 3.63) is 69.2 Å². The molecule has 2 aromatic carbocycles. The normalized spacial score (nSPS) is 13.5. The molecule has 0 spiro atoms. The summed E-state index contributed by atoms with van der Waals surface area (Å²) >= 11 is 2.56. The van der Waals surface area contributed by atoms with Crippen LogP contribution in [0.2, 0.25) is 0 Å². The Morgan fingerprint density at radius 3 is 2.62 bits per heavy atom. The molecule has 1 aliphatic rings. The number of methoxy groups -OCH3 is 2. The van der Waals surface area contributed by atoms with E-state index in [1.54, 1.807) is 14.2 Å². The maximum Gasteiger partial charge on any atom is 0.302 e. The van der Waals surface area contributed by atoms with Crippen LogP contribution in [-0.4, -0.2) is 46.8 Å². The second-order valence-corrected chi connectivity index (χ2v) is 9.66. The van der Waals surface area contributed by atoms with Gasteiger partial charge >= 0.3 is 5.24 Å². The fraction of sp³-hybridized carbons (Fsp3) is 0.250. The molecule has 3 aromatic rings. The lowest BCUT2D eigenvalue weighted by Crippen LogP contribution is -2.29. The van der Waals surface area contributed by atoms with Crippen LogP contribution in [0.3, 0.4) is 0 Å². The number of hydrogen-bond acceptors (Lipinski definition) is 8. The van der Waals surface area contributed by atoms with Gasteiger partial charge in [-0.2, -0.15) is 5.10 Å². The Hall–Kier alpha value is -3.37. The van der Waals surface area contributed by atoms with Crippen molar-refractivity contribution in [3.8, 4) is 11.5 Å². The summed E-state index contributed by atoms with van der Waals surface area (Å²) < 4.78 is 10.7. The van der Waals surface area contributed by atoms with Gasteiger partial charge in [0, 0.05) is 17.0 Å². The Morgan fingerprint density at radius 2 is 1.91 bits per heavy atom. The van der Waals surface area contributed by atoms with Gasteiger partial charge in [-0.1, -0.05) is 23.9 Å². The van der Waals surface area contributed by atoms with Crippen molar-refractivity contribution in [1.29, 1.82) is 0 Å². The summed E-state index contributed by atoms with van der Waals surface area (Å²) in [6.07, 6.45) is 0. The van der Waals surface area contributed by atoms with Crippen LogP contribution in [0.25, 0.3) is 0 Å². The Labute approximate surface area is 206 Å². The van der Waals surface area contributed by atoms with Gasteiger partial charge in [0.1, 0.15) is 4.88 Å². The quantitative estimate of drug-likeness (QED) is 0.489. The number of aromatic nitrogens is 1. The third-order valence-corrected chi connectivity index (χ3v) is 7.08. The number of ether oxygens (including phenoxy) is 2. The zero-order valence-electron chi connectivity index (χ0n) is 19.2. The van der Waals surface area contributed by atoms with Crippen LogP contribution in [0, 0.1) is 13.8 Å². The lowest BCUT2D eigenvalue weighted by atomic mass is 10.1. The van der Waals surface area contributed by atoms with E-state index in [1.165, 1.54) is 28.1 Å². The zero-order chi connectivity index (χ0) is 24.2. The van der Waals surface area contributed by atoms with Gasteiger partial charge in [-0.25, -0.2) is 9.99 Å². The van der Waals surface area contributed by atoms with Crippen molar-refractivity contribution in [2.45, 2.75) is 20.4 Å². The number of thioether (sulfide) groups is 1. The third kappa shape index (κ3) is 5.23. The maximum absolute atomic E-state index is 12.6. The monoisotopic (exact) mass is 496 g/mol. The van der Waals surface area contributed by atoms with Gasteiger partial charge < -0.3 is 14.8 Å². The summed E-state index contributed by atoms with van der Waals surface area (Å²) in [7, 11) is 3.17. The smallest absolute Gasteiger partial charge is 0.302 e. The number of hydrazone groups is 1. The van der Waals surface area contributed by atoms with Crippen LogP contribution in [0.4, 0.5) is 10.5 Å². The number of amides is 2. The average Bonchev–Trinajstić information content (AvgIpc) is 3.18. The molecule has 1 aromatic heterocycles. The fourth-order valence-corrected chi connectivity index (χ4v) is 5.08. The number of carbonyl (C=O) groups excluding carboxylic acids is 2. The first-order valence-electron chi connectivity index (χ1n) is 10.5. The number of benzene rings is 2. The van der Waals surface area contributed by atoms with E-state index in [-0.39, 0.29) is 17.7 Å². The van der Waals surface area contributed by atoms with Crippen LogP contribution in [0.15, 0.2) is 47.6 Å². The lowest BCUT2D eigenvalue weighted by Gasteiger charge is -2.23. The van der Waals surface area contributed by atoms with Gasteiger partial charge in [-0.3, -0.25) is 9.59 Å². The minimum Gasteiger partial charge on any atom is -0.493 e. The molecule has 34 heavy (non-hydrogen) atoms. The van der Waals surface area contributed by atoms with E-state index in [0.717, 1.165) is 21.8 Å². The molecule has 2 heterocycles. The Kier molecular flexibility index (Phi) is 7.18. The SMILES string of the molecule is COc1ccc(C2=NN(Cc3cccc(NC(=O)c4sc(C)nc4C)c3)C(=O)SC2)cc1OC. The topological polar surface area (TPSA) is 93.1 Å². The average molecular weight is 497 g/mol. The van der Waals surface area contributed by atoms with Crippen LogP contribution in [-0.2, 0) is 6.54 Å². The highest BCUT2D eigenvalue weighted by molar-refractivity contribution is 8.14. The number of hydrogen-bond donors (Lipinski definition) is 1. The van der Waals surface area contributed by atoms with Crippen molar-refractivity contribution in [2.75, 3.05) is 25.3 Å². The third-order valence-electron chi connectivity index (χ3n) is 5.13. The Bertz CT molecular complexity index is 1270. The minimum atomic E-state index is -0.196. The highest BCUT2D eigenvalue weighted by Gasteiger charge is 2.23. The second-order valence-electron chi connectivity index (χ2n) is 7.53. The van der Waals surface area contributed by atoms with Gasteiger partial charge in [0.25, 0.3) is 5.91 Å². The van der Waals surface area contributed by atoms with Gasteiger partial charge in [-0.15, -0.1) is 11.3 Å². The van der Waals surface area contributed by atoms with E-state index in [2.05, 4.69) is 15.4 Å². The molecule has 1 N–H and O–H groups in total. The van der Waals surface area contributed by atoms with E-state index in [9.17, 15) is 9.59 Å². The molecule has 4 rings (SSSR count). The van der Waals surface area contributed by atoms with Crippen LogP contribution in [0.1, 0.15) is 31.5 Å². The molecule has 0 fully saturated rings. The molecule has 1 aliphatic heterocycles. The standard InChI is InChI=1S/C24H24N4O4S2/c1-14-22(34-15(2)25-14)23(29)26-18-7-5-6-16(10-18)12-28-24(30)33-13-19(27-28)17-8-9-20(31-3)21(11-17)32-4/h5-11H,12-13H2,1-4H3,(H,26,29). The van der Waals surface area contributed by atoms with E-state index < -0.39 is 0 Å². The first kappa shape index (κ1) is 23.8. The first-order valence-corrected chi connectivity index (χ1v) is 12.3. The van der Waals surface area contributed by atoms with Crippen molar-refractivity contribution in [2.24, 2.45) is 5.10 Å². The van der Waals surface area contributed by atoms with Gasteiger partial charge in [-0.05, 0) is 49.7 Å². The van der Waals surface area contributed by atoms with Crippen LogP contribution in [0.5, 0.6) is 11.5 Å². The number of aryl methyl sites for hydroxylation is 2. The van der Waals surface area contributed by atoms with E-state index in [4.69, 9.17) is 9.47 Å². The molecule has 0 atom stereocenters. The van der Waals surface area contributed by atoms with E-state index in [0.29, 0.717) is 33.5 Å². The number of thiazole rings is 1. The van der Waals surface area contributed by atoms with E-state index >= 15 is 0 Å². The largest absolute Gasteiger partial charge is 0.493 e. The summed E-state index contributed by atoms with van der Waals surface area (Å²) in [5.74, 6) is 1.50. The van der Waals surface area contributed by atoms with Crippen molar-refractivity contribution >= 4 is 45.6 Å². The summed E-state index contributed by atoms with van der Waals surface area (Å²) in [4.78, 5) is 30.1. The second kappa shape index (κ2) is 10.3. The maximum atomic E-state index is 12.6. The number of nitrogens with one attached hydrogen (secondary N) is 1. The molecule has 2 amide bonds. The lowest BCUT2D eigenvalue weighted by molar-refractivity contribution is 0.102. The van der Waals surface area contributed by atoms with Crippen molar-refractivity contribution in [1.82, 2.24) is 9.99 Å². The highest BCUT2D eigenvalue weighted by atomic mass is 32.2. The summed E-state index contributed by atoms with van der Waals surface area (Å²) in [6.45, 7) is 3.98. The van der Waals surface area contributed by atoms with Crippen molar-refractivity contribution in [3.63, 3.8) is 0 Å².